The van der Waals surface area contributed by atoms with Crippen LogP contribution in [0.5, 0.6) is 5.75 Å². The van der Waals surface area contributed by atoms with Gasteiger partial charge in [0.25, 0.3) is 0 Å². The third kappa shape index (κ3) is 8.71. The summed E-state index contributed by atoms with van der Waals surface area (Å²) in [6.45, 7) is 23.8. The predicted octanol–water partition coefficient (Wildman–Crippen LogP) is 18.8. The van der Waals surface area contributed by atoms with Crippen LogP contribution in [0.15, 0.2) is 175 Å². The molecule has 344 valence electrons. The van der Waals surface area contributed by atoms with E-state index in [-0.39, 0.29) is 12.0 Å². The highest BCUT2D eigenvalue weighted by Gasteiger charge is 2.42. The van der Waals surface area contributed by atoms with Crippen molar-refractivity contribution >= 4 is 16.7 Å². The van der Waals surface area contributed by atoms with Gasteiger partial charge in [-0.2, -0.15) is 0 Å². The third-order valence-corrected chi connectivity index (χ3v) is 14.9. The second-order valence-electron chi connectivity index (χ2n) is 19.2. The van der Waals surface area contributed by atoms with Gasteiger partial charge in [-0.1, -0.05) is 150 Å². The van der Waals surface area contributed by atoms with Crippen LogP contribution >= 0.6 is 0 Å². The summed E-state index contributed by atoms with van der Waals surface area (Å²) in [5.41, 5.74) is 26.3. The lowest BCUT2D eigenvalue weighted by atomic mass is 9.75. The molecule has 2 atom stereocenters. The number of hydrogen-bond donors (Lipinski definition) is 0. The monoisotopic (exact) mass is 893 g/mol. The molecule has 2 aliphatic carbocycles. The van der Waals surface area contributed by atoms with Crippen molar-refractivity contribution in [1.29, 1.82) is 0 Å². The van der Waals surface area contributed by atoms with Gasteiger partial charge in [0.05, 0.1) is 12.2 Å². The van der Waals surface area contributed by atoms with Crippen LogP contribution in [0.1, 0.15) is 125 Å². The van der Waals surface area contributed by atoms with E-state index in [9.17, 15) is 0 Å². The van der Waals surface area contributed by atoms with E-state index in [0.717, 1.165) is 36.3 Å². The molecule has 6 aromatic carbocycles. The lowest BCUT2D eigenvalue weighted by Gasteiger charge is -2.32. The summed E-state index contributed by atoms with van der Waals surface area (Å²) in [4.78, 5) is 0. The van der Waals surface area contributed by atoms with Crippen molar-refractivity contribution in [1.82, 2.24) is 0 Å². The first kappa shape index (κ1) is 46.5. The van der Waals surface area contributed by atoms with Crippen molar-refractivity contribution in [2.75, 3.05) is 0 Å². The topological polar surface area (TPSA) is 18.5 Å². The van der Waals surface area contributed by atoms with E-state index in [1.807, 2.05) is 26.2 Å². The third-order valence-electron chi connectivity index (χ3n) is 14.9. The standard InChI is InChI=1S/C64H62O2.C2H6/c1-9-11-17-45(10-2)48-26-24-39(3)56(34-48)50-22-16-23-51(33-50)57-37-60-61(32-41(57)5)66-64-44(8)63-54(43(7)62(60)64)31-30-53(42(6)38-65-63)52-28-29-55(47-20-15-21-47)59(36-52)58-35-49(27-25-40(58)4)46-18-13-12-14-19-46;1-2/h10,12-14,16-19,22-30,32-38,44,47,64H,2,9,11,15,20-21,31H2,1,3-8H3;1-2H3/b42-38-,45-17+,53-30+;. The second-order valence-corrected chi connectivity index (χ2v) is 19.2. The first-order valence-corrected chi connectivity index (χ1v) is 25.3. The van der Waals surface area contributed by atoms with E-state index in [1.54, 1.807) is 0 Å². The van der Waals surface area contributed by atoms with Crippen LogP contribution in [0.25, 0.3) is 61.2 Å². The summed E-state index contributed by atoms with van der Waals surface area (Å²) in [5, 5.41) is 0. The number of aryl methyl sites for hydroxylation is 3. The number of allylic oxidation sites excluding steroid dienone is 8. The first-order valence-electron chi connectivity index (χ1n) is 25.3. The Morgan fingerprint density at radius 3 is 2.07 bits per heavy atom. The van der Waals surface area contributed by atoms with Crippen molar-refractivity contribution in [3.8, 4) is 50.3 Å². The van der Waals surface area contributed by atoms with Crippen LogP contribution < -0.4 is 4.74 Å². The molecule has 1 saturated carbocycles. The molecule has 2 heterocycles. The molecule has 0 amide bonds. The average Bonchev–Trinajstić information content (AvgIpc) is 3.72. The van der Waals surface area contributed by atoms with E-state index in [0.29, 0.717) is 5.92 Å². The van der Waals surface area contributed by atoms with Gasteiger partial charge in [0.15, 0.2) is 0 Å². The van der Waals surface area contributed by atoms with Crippen LogP contribution in [-0.2, 0) is 4.74 Å². The number of hydrogen-bond acceptors (Lipinski definition) is 2. The van der Waals surface area contributed by atoms with Gasteiger partial charge in [-0.25, -0.2) is 0 Å². The van der Waals surface area contributed by atoms with Crippen LogP contribution in [-0.4, -0.2) is 6.10 Å². The van der Waals surface area contributed by atoms with Gasteiger partial charge in [0.1, 0.15) is 17.6 Å². The van der Waals surface area contributed by atoms with Crippen LogP contribution in [0.2, 0.25) is 0 Å². The molecule has 0 radical (unpaired) electrons. The smallest absolute Gasteiger partial charge is 0.134 e. The Hall–Kier alpha value is -6.64. The van der Waals surface area contributed by atoms with Gasteiger partial charge in [-0.15, -0.1) is 0 Å². The van der Waals surface area contributed by atoms with Crippen LogP contribution in [0, 0.1) is 26.7 Å². The van der Waals surface area contributed by atoms with Gasteiger partial charge in [0.2, 0.25) is 0 Å². The number of rotatable bonds is 10. The minimum absolute atomic E-state index is 0.0486. The molecule has 2 nitrogen and oxygen atoms in total. The zero-order chi connectivity index (χ0) is 47.6. The highest BCUT2D eigenvalue weighted by Crippen LogP contribution is 2.52. The molecule has 10 rings (SSSR count). The fraction of sp³-hybridized carbons (Fsp3) is 0.273. The van der Waals surface area contributed by atoms with Crippen molar-refractivity contribution in [2.24, 2.45) is 5.92 Å². The predicted molar refractivity (Wildman–Crippen MR) is 290 cm³/mol. The fourth-order valence-corrected chi connectivity index (χ4v) is 10.9. The van der Waals surface area contributed by atoms with Gasteiger partial charge >= 0.3 is 0 Å². The summed E-state index contributed by atoms with van der Waals surface area (Å²) >= 11 is 0. The molecule has 2 heteroatoms. The second kappa shape index (κ2) is 19.9. The van der Waals surface area contributed by atoms with Gasteiger partial charge < -0.3 is 9.47 Å². The molecule has 1 fully saturated rings. The Kier molecular flexibility index (Phi) is 13.6. The molecule has 2 aliphatic heterocycles. The minimum atomic E-state index is -0.113. The maximum atomic E-state index is 6.91. The highest BCUT2D eigenvalue weighted by molar-refractivity contribution is 5.90. The SMILES string of the molecule is C=C/C(=C\CCC)c1ccc(C)c(-c2cccc(-c3cc4c(cc3C)OC3C4=C(C)C4=C(O/C=C(C)\C(c5ccc(C6CCC6)c(-c6cc(-c7ccccc7)ccc6C)c5)=C/C4)C3C)c2)c1.CC. The summed E-state index contributed by atoms with van der Waals surface area (Å²) < 4.78 is 13.7. The van der Waals surface area contributed by atoms with Gasteiger partial charge in [-0.3, -0.25) is 0 Å². The molecule has 4 aliphatic rings. The summed E-state index contributed by atoms with van der Waals surface area (Å²) in [6.07, 6.45) is 15.4. The quantitative estimate of drug-likeness (QED) is 0.128. The Balaban J connectivity index is 0.00000285. The minimum Gasteiger partial charge on any atom is -0.484 e. The summed E-state index contributed by atoms with van der Waals surface area (Å²) in [6, 6.07) is 45.5. The number of fused-ring (bicyclic) bond motifs is 3. The lowest BCUT2D eigenvalue weighted by Crippen LogP contribution is -2.29. The molecular weight excluding hydrogens is 825 g/mol. The molecule has 0 N–H and O–H groups in total. The Morgan fingerprint density at radius 1 is 0.662 bits per heavy atom. The Morgan fingerprint density at radius 2 is 1.35 bits per heavy atom. The number of ether oxygens (including phenoxy) is 2. The van der Waals surface area contributed by atoms with Crippen molar-refractivity contribution in [2.45, 2.75) is 113 Å². The normalized spacial score (nSPS) is 19.3. The largest absolute Gasteiger partial charge is 0.484 e. The molecule has 0 aromatic heterocycles. The summed E-state index contributed by atoms with van der Waals surface area (Å²) in [7, 11) is 0. The van der Waals surface area contributed by atoms with E-state index in [1.165, 1.54) is 131 Å². The zero-order valence-electron chi connectivity index (χ0n) is 41.9. The zero-order valence-corrected chi connectivity index (χ0v) is 41.9. The van der Waals surface area contributed by atoms with E-state index in [4.69, 9.17) is 9.47 Å². The Labute approximate surface area is 407 Å². The van der Waals surface area contributed by atoms with Gasteiger partial charge in [0, 0.05) is 11.1 Å². The average molecular weight is 893 g/mol. The van der Waals surface area contributed by atoms with Crippen molar-refractivity contribution in [3.05, 3.63) is 214 Å². The maximum Gasteiger partial charge on any atom is 0.134 e. The van der Waals surface area contributed by atoms with E-state index in [2.05, 4.69) is 189 Å². The molecule has 0 spiro atoms. The molecular formula is C66H68O2. The van der Waals surface area contributed by atoms with Crippen LogP contribution in [0.4, 0.5) is 0 Å². The fourth-order valence-electron chi connectivity index (χ4n) is 10.9. The molecule has 2 unspecified atom stereocenters. The molecule has 68 heavy (non-hydrogen) atoms. The van der Waals surface area contributed by atoms with Crippen LogP contribution in [0.3, 0.4) is 0 Å². The van der Waals surface area contributed by atoms with Crippen molar-refractivity contribution < 1.29 is 9.47 Å². The molecule has 6 aromatic rings. The van der Waals surface area contributed by atoms with E-state index < -0.39 is 0 Å². The number of benzene rings is 6. The lowest BCUT2D eigenvalue weighted by molar-refractivity contribution is 0.177. The number of unbranched alkanes of at least 4 members (excludes halogenated alkanes) is 1. The molecule has 0 bridgehead atoms. The highest BCUT2D eigenvalue weighted by atomic mass is 16.5. The molecule has 0 saturated heterocycles. The van der Waals surface area contributed by atoms with Crippen molar-refractivity contribution in [3.63, 3.8) is 0 Å². The summed E-state index contributed by atoms with van der Waals surface area (Å²) in [5.74, 6) is 2.63. The Bertz CT molecular complexity index is 3070. The van der Waals surface area contributed by atoms with E-state index >= 15 is 0 Å². The van der Waals surface area contributed by atoms with Gasteiger partial charge in [-0.05, 0) is 208 Å². The maximum absolute atomic E-state index is 6.91. The first-order chi connectivity index (χ1) is 33.1.